The van der Waals surface area contributed by atoms with Gasteiger partial charge in [0.2, 0.25) is 0 Å². The van der Waals surface area contributed by atoms with E-state index >= 15 is 0 Å². The number of nitrogens with zero attached hydrogens (tertiary/aromatic N) is 2. The van der Waals surface area contributed by atoms with Gasteiger partial charge >= 0.3 is 0 Å². The van der Waals surface area contributed by atoms with Crippen LogP contribution in [0.2, 0.25) is 0 Å². The Bertz CT molecular complexity index is 316. The molecule has 0 spiro atoms. The topological polar surface area (TPSA) is 73.3 Å². The molecular formula is C11H21N3O2. The van der Waals surface area contributed by atoms with Gasteiger partial charge in [0.15, 0.2) is 5.75 Å². The molecule has 1 rings (SSSR count). The van der Waals surface area contributed by atoms with Gasteiger partial charge in [0.25, 0.3) is 0 Å². The second-order valence-electron chi connectivity index (χ2n) is 3.86. The van der Waals surface area contributed by atoms with Gasteiger partial charge in [0.05, 0.1) is 13.3 Å². The van der Waals surface area contributed by atoms with Crippen molar-refractivity contribution in [2.75, 3.05) is 13.7 Å². The molecule has 1 unspecified atom stereocenters. The molecule has 0 aromatic carbocycles. The number of ether oxygens (including phenoxy) is 1. The van der Waals surface area contributed by atoms with E-state index < -0.39 is 5.60 Å². The number of hydrogen-bond donors (Lipinski definition) is 2. The van der Waals surface area contributed by atoms with Gasteiger partial charge in [-0.15, -0.1) is 0 Å². The Hall–Kier alpha value is -1.07. The normalized spacial score (nSPS) is 14.8. The SMILES string of the molecule is CCCC(O)(CN)c1c(OC)cnn1CC. The van der Waals surface area contributed by atoms with Crippen LogP contribution in [0.3, 0.4) is 0 Å². The van der Waals surface area contributed by atoms with E-state index in [1.807, 2.05) is 13.8 Å². The molecule has 1 atom stereocenters. The highest BCUT2D eigenvalue weighted by Gasteiger charge is 2.34. The van der Waals surface area contributed by atoms with Gasteiger partial charge in [0.1, 0.15) is 11.3 Å². The Labute approximate surface area is 96.2 Å². The molecule has 0 aliphatic carbocycles. The predicted molar refractivity (Wildman–Crippen MR) is 62.3 cm³/mol. The van der Waals surface area contributed by atoms with Gasteiger partial charge in [0, 0.05) is 13.1 Å². The fourth-order valence-corrected chi connectivity index (χ4v) is 1.96. The first-order valence-corrected chi connectivity index (χ1v) is 5.65. The monoisotopic (exact) mass is 227 g/mol. The zero-order valence-electron chi connectivity index (χ0n) is 10.2. The summed E-state index contributed by atoms with van der Waals surface area (Å²) in [6.45, 7) is 4.84. The molecule has 0 amide bonds. The average Bonchev–Trinajstić information content (AvgIpc) is 2.72. The lowest BCUT2D eigenvalue weighted by Gasteiger charge is -2.27. The third-order valence-corrected chi connectivity index (χ3v) is 2.77. The zero-order valence-corrected chi connectivity index (χ0v) is 10.2. The second-order valence-corrected chi connectivity index (χ2v) is 3.86. The minimum Gasteiger partial charge on any atom is -0.493 e. The third kappa shape index (κ3) is 2.20. The number of aliphatic hydroxyl groups is 1. The first kappa shape index (κ1) is 13.0. The first-order chi connectivity index (χ1) is 7.62. The highest BCUT2D eigenvalue weighted by molar-refractivity contribution is 5.31. The molecule has 1 heterocycles. The molecule has 0 aliphatic rings. The Kier molecular flexibility index (Phi) is 4.32. The number of aryl methyl sites for hydroxylation is 1. The number of aromatic nitrogens is 2. The highest BCUT2D eigenvalue weighted by atomic mass is 16.5. The van der Waals surface area contributed by atoms with Crippen LogP contribution in [0.15, 0.2) is 6.20 Å². The van der Waals surface area contributed by atoms with Gasteiger partial charge in [-0.05, 0) is 13.3 Å². The molecule has 0 fully saturated rings. The predicted octanol–water partition coefficient (Wildman–Crippen LogP) is 0.858. The van der Waals surface area contributed by atoms with E-state index in [-0.39, 0.29) is 6.54 Å². The molecule has 1 aromatic heterocycles. The molecular weight excluding hydrogens is 206 g/mol. The summed E-state index contributed by atoms with van der Waals surface area (Å²) >= 11 is 0. The van der Waals surface area contributed by atoms with E-state index in [1.54, 1.807) is 18.0 Å². The number of methoxy groups -OCH3 is 1. The summed E-state index contributed by atoms with van der Waals surface area (Å²) in [6.07, 6.45) is 3.08. The van der Waals surface area contributed by atoms with Crippen LogP contribution < -0.4 is 10.5 Å². The Morgan fingerprint density at radius 1 is 1.56 bits per heavy atom. The maximum Gasteiger partial charge on any atom is 0.162 e. The summed E-state index contributed by atoms with van der Waals surface area (Å²) in [6, 6.07) is 0. The van der Waals surface area contributed by atoms with Crippen molar-refractivity contribution in [3.63, 3.8) is 0 Å². The summed E-state index contributed by atoms with van der Waals surface area (Å²) in [7, 11) is 1.57. The molecule has 5 nitrogen and oxygen atoms in total. The van der Waals surface area contributed by atoms with Crippen molar-refractivity contribution in [3.8, 4) is 5.75 Å². The third-order valence-electron chi connectivity index (χ3n) is 2.77. The number of hydrogen-bond acceptors (Lipinski definition) is 4. The van der Waals surface area contributed by atoms with Gasteiger partial charge < -0.3 is 15.6 Å². The molecule has 0 saturated carbocycles. The molecule has 0 aliphatic heterocycles. The lowest BCUT2D eigenvalue weighted by atomic mass is 9.93. The smallest absolute Gasteiger partial charge is 0.162 e. The van der Waals surface area contributed by atoms with E-state index in [0.717, 1.165) is 6.42 Å². The van der Waals surface area contributed by atoms with Crippen molar-refractivity contribution in [1.29, 1.82) is 0 Å². The van der Waals surface area contributed by atoms with Crippen LogP contribution in [0.25, 0.3) is 0 Å². The van der Waals surface area contributed by atoms with E-state index in [4.69, 9.17) is 10.5 Å². The molecule has 3 N–H and O–H groups in total. The lowest BCUT2D eigenvalue weighted by Crippen LogP contribution is -2.37. The van der Waals surface area contributed by atoms with Crippen LogP contribution in [0.5, 0.6) is 5.75 Å². The van der Waals surface area contributed by atoms with Crippen molar-refractivity contribution < 1.29 is 9.84 Å². The minimum absolute atomic E-state index is 0.170. The largest absolute Gasteiger partial charge is 0.493 e. The van der Waals surface area contributed by atoms with E-state index in [0.29, 0.717) is 24.4 Å². The summed E-state index contributed by atoms with van der Waals surface area (Å²) in [5.41, 5.74) is 5.32. The van der Waals surface area contributed by atoms with Crippen LogP contribution in [0, 0.1) is 0 Å². The minimum atomic E-state index is -1.05. The number of rotatable bonds is 6. The van der Waals surface area contributed by atoms with Crippen LogP contribution in [0.4, 0.5) is 0 Å². The van der Waals surface area contributed by atoms with Crippen molar-refractivity contribution in [2.45, 2.75) is 38.8 Å². The van der Waals surface area contributed by atoms with Gasteiger partial charge in [-0.25, -0.2) is 0 Å². The van der Waals surface area contributed by atoms with Crippen LogP contribution in [-0.4, -0.2) is 28.5 Å². The Morgan fingerprint density at radius 2 is 2.25 bits per heavy atom. The summed E-state index contributed by atoms with van der Waals surface area (Å²) in [4.78, 5) is 0. The molecule has 0 radical (unpaired) electrons. The van der Waals surface area contributed by atoms with Crippen LogP contribution in [0.1, 0.15) is 32.4 Å². The van der Waals surface area contributed by atoms with Crippen molar-refractivity contribution in [1.82, 2.24) is 9.78 Å². The summed E-state index contributed by atoms with van der Waals surface area (Å²) in [5.74, 6) is 0.600. The van der Waals surface area contributed by atoms with E-state index in [2.05, 4.69) is 5.10 Å². The molecule has 1 aromatic rings. The van der Waals surface area contributed by atoms with Gasteiger partial charge in [-0.1, -0.05) is 13.3 Å². The summed E-state index contributed by atoms with van der Waals surface area (Å²) in [5, 5.41) is 14.7. The highest BCUT2D eigenvalue weighted by Crippen LogP contribution is 2.32. The fourth-order valence-electron chi connectivity index (χ4n) is 1.96. The number of nitrogens with two attached hydrogens (primary N) is 1. The quantitative estimate of drug-likeness (QED) is 0.756. The maximum atomic E-state index is 10.5. The van der Waals surface area contributed by atoms with Crippen molar-refractivity contribution >= 4 is 0 Å². The van der Waals surface area contributed by atoms with Gasteiger partial charge in [-0.3, -0.25) is 4.68 Å². The van der Waals surface area contributed by atoms with Crippen LogP contribution in [-0.2, 0) is 12.1 Å². The second kappa shape index (κ2) is 5.32. The van der Waals surface area contributed by atoms with E-state index in [9.17, 15) is 5.11 Å². The fraction of sp³-hybridized carbons (Fsp3) is 0.727. The zero-order chi connectivity index (χ0) is 12.2. The van der Waals surface area contributed by atoms with E-state index in [1.165, 1.54) is 0 Å². The molecule has 92 valence electrons. The van der Waals surface area contributed by atoms with Gasteiger partial charge in [-0.2, -0.15) is 5.10 Å². The molecule has 0 bridgehead atoms. The lowest BCUT2D eigenvalue weighted by molar-refractivity contribution is 0.0246. The molecule has 5 heteroatoms. The Balaban J connectivity index is 3.20. The maximum absolute atomic E-state index is 10.5. The molecule has 0 saturated heterocycles. The summed E-state index contributed by atoms with van der Waals surface area (Å²) < 4.78 is 6.96. The first-order valence-electron chi connectivity index (χ1n) is 5.65. The standard InChI is InChI=1S/C11H21N3O2/c1-4-6-11(15,8-12)10-9(16-3)7-13-14(10)5-2/h7,15H,4-6,8,12H2,1-3H3. The molecule has 16 heavy (non-hydrogen) atoms. The van der Waals surface area contributed by atoms with Crippen molar-refractivity contribution in [3.05, 3.63) is 11.9 Å². The van der Waals surface area contributed by atoms with Crippen LogP contribution >= 0.6 is 0 Å². The average molecular weight is 227 g/mol. The Morgan fingerprint density at radius 3 is 2.69 bits per heavy atom. The van der Waals surface area contributed by atoms with Crippen molar-refractivity contribution in [2.24, 2.45) is 5.73 Å².